The number of carbonyl (C=O) groups excluding carboxylic acids is 1. The monoisotopic (exact) mass is 169 g/mol. The third-order valence-corrected chi connectivity index (χ3v) is 3.02. The molecule has 2 aliphatic rings. The van der Waals surface area contributed by atoms with E-state index in [4.69, 9.17) is 10.5 Å². The van der Waals surface area contributed by atoms with Gasteiger partial charge in [0.15, 0.2) is 0 Å². The summed E-state index contributed by atoms with van der Waals surface area (Å²) in [5.41, 5.74) is 5.94. The largest absolute Gasteiger partial charge is 0.462 e. The maximum atomic E-state index is 11.0. The first kappa shape index (κ1) is 8.05. The van der Waals surface area contributed by atoms with E-state index in [2.05, 4.69) is 0 Å². The molecule has 0 amide bonds. The molecule has 0 aromatic heterocycles. The quantitative estimate of drug-likeness (QED) is 0.546. The smallest absolute Gasteiger partial charge is 0.306 e. The molecule has 3 atom stereocenters. The van der Waals surface area contributed by atoms with Crippen molar-refractivity contribution in [1.29, 1.82) is 0 Å². The van der Waals surface area contributed by atoms with E-state index in [1.807, 2.05) is 0 Å². The molecular formula is C9H15NO2. The molecule has 0 aromatic rings. The molecule has 0 radical (unpaired) electrons. The summed E-state index contributed by atoms with van der Waals surface area (Å²) in [5.74, 6) is 0.404. The molecule has 3 heteroatoms. The Balaban J connectivity index is 2.04. The highest BCUT2D eigenvalue weighted by atomic mass is 16.5. The molecule has 1 heterocycles. The average Bonchev–Trinajstić information content (AvgIpc) is 2.04. The minimum absolute atomic E-state index is 0.0367. The number of esters is 1. The van der Waals surface area contributed by atoms with Crippen molar-refractivity contribution in [2.24, 2.45) is 11.7 Å². The van der Waals surface area contributed by atoms with E-state index in [-0.39, 0.29) is 18.1 Å². The van der Waals surface area contributed by atoms with Gasteiger partial charge in [0.05, 0.1) is 0 Å². The highest BCUT2D eigenvalue weighted by molar-refractivity contribution is 5.70. The van der Waals surface area contributed by atoms with Gasteiger partial charge in [0.2, 0.25) is 0 Å². The highest BCUT2D eigenvalue weighted by Gasteiger charge is 2.36. The summed E-state index contributed by atoms with van der Waals surface area (Å²) in [7, 11) is 0. The zero-order valence-corrected chi connectivity index (χ0v) is 7.16. The predicted molar refractivity (Wildman–Crippen MR) is 44.4 cm³/mol. The lowest BCUT2D eigenvalue weighted by molar-refractivity contribution is -0.161. The standard InChI is InChI=1S/C9H15NO2/c10-7-2-1-3-8-6(7)4-5-9(11)12-8/h6-8H,1-5,10H2. The second-order valence-corrected chi connectivity index (χ2v) is 3.83. The van der Waals surface area contributed by atoms with E-state index >= 15 is 0 Å². The lowest BCUT2D eigenvalue weighted by Gasteiger charge is -2.38. The van der Waals surface area contributed by atoms with Crippen molar-refractivity contribution in [2.45, 2.75) is 44.2 Å². The van der Waals surface area contributed by atoms with Crippen molar-refractivity contribution in [3.63, 3.8) is 0 Å². The Kier molecular flexibility index (Phi) is 2.05. The van der Waals surface area contributed by atoms with Crippen LogP contribution in [0, 0.1) is 5.92 Å². The lowest BCUT2D eigenvalue weighted by atomic mass is 9.78. The van der Waals surface area contributed by atoms with Gasteiger partial charge in [0.25, 0.3) is 0 Å². The number of fused-ring (bicyclic) bond motifs is 1. The first-order chi connectivity index (χ1) is 5.77. The minimum Gasteiger partial charge on any atom is -0.462 e. The van der Waals surface area contributed by atoms with Crippen LogP contribution in [0.3, 0.4) is 0 Å². The Hall–Kier alpha value is -0.570. The van der Waals surface area contributed by atoms with Crippen molar-refractivity contribution in [1.82, 2.24) is 0 Å². The number of rotatable bonds is 0. The van der Waals surface area contributed by atoms with E-state index in [9.17, 15) is 4.79 Å². The summed E-state index contributed by atoms with van der Waals surface area (Å²) >= 11 is 0. The van der Waals surface area contributed by atoms with E-state index in [1.54, 1.807) is 0 Å². The molecule has 2 fully saturated rings. The number of ether oxygens (including phenoxy) is 1. The molecule has 2 rings (SSSR count). The second kappa shape index (κ2) is 3.05. The Morgan fingerprint density at radius 1 is 1.33 bits per heavy atom. The molecule has 12 heavy (non-hydrogen) atoms. The van der Waals surface area contributed by atoms with Crippen molar-refractivity contribution in [3.05, 3.63) is 0 Å². The molecule has 0 spiro atoms. The summed E-state index contributed by atoms with van der Waals surface area (Å²) in [6.45, 7) is 0. The molecule has 1 saturated heterocycles. The fourth-order valence-corrected chi connectivity index (χ4v) is 2.32. The topological polar surface area (TPSA) is 52.3 Å². The zero-order valence-electron chi connectivity index (χ0n) is 7.16. The minimum atomic E-state index is -0.0367. The van der Waals surface area contributed by atoms with Gasteiger partial charge < -0.3 is 10.5 Å². The Labute approximate surface area is 72.3 Å². The van der Waals surface area contributed by atoms with Gasteiger partial charge in [-0.2, -0.15) is 0 Å². The maximum absolute atomic E-state index is 11.0. The first-order valence-electron chi connectivity index (χ1n) is 4.72. The Bertz CT molecular complexity index is 193. The summed E-state index contributed by atoms with van der Waals surface area (Å²) in [6.07, 6.45) is 4.85. The van der Waals surface area contributed by atoms with Crippen LogP contribution in [0.25, 0.3) is 0 Å². The van der Waals surface area contributed by atoms with Crippen LogP contribution in [0.15, 0.2) is 0 Å². The zero-order chi connectivity index (χ0) is 8.55. The number of nitrogens with two attached hydrogens (primary N) is 1. The fraction of sp³-hybridized carbons (Fsp3) is 0.889. The predicted octanol–water partition coefficient (Wildman–Crippen LogP) is 0.819. The molecule has 1 aliphatic heterocycles. The SMILES string of the molecule is NC1CCCC2OC(=O)CCC12. The van der Waals surface area contributed by atoms with Crippen LogP contribution in [0.5, 0.6) is 0 Å². The summed E-state index contributed by atoms with van der Waals surface area (Å²) < 4.78 is 5.24. The molecule has 3 nitrogen and oxygen atoms in total. The van der Waals surface area contributed by atoms with Crippen LogP contribution in [0.1, 0.15) is 32.1 Å². The van der Waals surface area contributed by atoms with Crippen LogP contribution >= 0.6 is 0 Å². The molecule has 1 saturated carbocycles. The van der Waals surface area contributed by atoms with Gasteiger partial charge in [0, 0.05) is 18.4 Å². The van der Waals surface area contributed by atoms with Gasteiger partial charge >= 0.3 is 5.97 Å². The van der Waals surface area contributed by atoms with Crippen LogP contribution in [-0.4, -0.2) is 18.1 Å². The van der Waals surface area contributed by atoms with Gasteiger partial charge in [-0.05, 0) is 25.7 Å². The second-order valence-electron chi connectivity index (χ2n) is 3.83. The molecule has 68 valence electrons. The molecule has 0 aromatic carbocycles. The van der Waals surface area contributed by atoms with Crippen LogP contribution in [0.2, 0.25) is 0 Å². The van der Waals surface area contributed by atoms with E-state index in [0.717, 1.165) is 25.7 Å². The normalized spacial score (nSPS) is 41.8. The molecule has 1 aliphatic carbocycles. The van der Waals surface area contributed by atoms with Crippen molar-refractivity contribution in [3.8, 4) is 0 Å². The van der Waals surface area contributed by atoms with Crippen molar-refractivity contribution in [2.75, 3.05) is 0 Å². The highest BCUT2D eigenvalue weighted by Crippen LogP contribution is 2.33. The molecule has 0 bridgehead atoms. The van der Waals surface area contributed by atoms with Gasteiger partial charge in [-0.15, -0.1) is 0 Å². The van der Waals surface area contributed by atoms with Gasteiger partial charge in [-0.1, -0.05) is 0 Å². The molecule has 2 N–H and O–H groups in total. The van der Waals surface area contributed by atoms with Crippen LogP contribution in [-0.2, 0) is 9.53 Å². The van der Waals surface area contributed by atoms with Gasteiger partial charge in [-0.3, -0.25) is 4.79 Å². The Morgan fingerprint density at radius 3 is 3.00 bits per heavy atom. The third kappa shape index (κ3) is 1.33. The molecular weight excluding hydrogens is 154 g/mol. The van der Waals surface area contributed by atoms with E-state index in [1.165, 1.54) is 0 Å². The summed E-state index contributed by atoms with van der Waals surface area (Å²) in [4.78, 5) is 11.0. The van der Waals surface area contributed by atoms with Crippen molar-refractivity contribution < 1.29 is 9.53 Å². The lowest BCUT2D eigenvalue weighted by Crippen LogP contribution is -2.46. The van der Waals surface area contributed by atoms with Gasteiger partial charge in [-0.25, -0.2) is 0 Å². The average molecular weight is 169 g/mol. The number of hydrogen-bond acceptors (Lipinski definition) is 3. The van der Waals surface area contributed by atoms with Gasteiger partial charge in [0.1, 0.15) is 6.10 Å². The third-order valence-electron chi connectivity index (χ3n) is 3.02. The van der Waals surface area contributed by atoms with E-state index < -0.39 is 0 Å². The fourth-order valence-electron chi connectivity index (χ4n) is 2.32. The Morgan fingerprint density at radius 2 is 2.17 bits per heavy atom. The number of carbonyl (C=O) groups is 1. The van der Waals surface area contributed by atoms with Crippen molar-refractivity contribution >= 4 is 5.97 Å². The molecule has 3 unspecified atom stereocenters. The van der Waals surface area contributed by atoms with E-state index in [0.29, 0.717) is 12.3 Å². The summed E-state index contributed by atoms with van der Waals surface area (Å²) in [6, 6.07) is 0.261. The first-order valence-corrected chi connectivity index (χ1v) is 4.72. The number of hydrogen-bond donors (Lipinski definition) is 1. The maximum Gasteiger partial charge on any atom is 0.306 e. The summed E-state index contributed by atoms with van der Waals surface area (Å²) in [5, 5.41) is 0. The van der Waals surface area contributed by atoms with Crippen LogP contribution in [0.4, 0.5) is 0 Å². The van der Waals surface area contributed by atoms with Crippen LogP contribution < -0.4 is 5.73 Å².